The summed E-state index contributed by atoms with van der Waals surface area (Å²) in [7, 11) is 1.66. The Morgan fingerprint density at radius 1 is 1.57 bits per heavy atom. The summed E-state index contributed by atoms with van der Waals surface area (Å²) in [5, 5.41) is 11.5. The minimum absolute atomic E-state index is 0.376. The molecule has 2 N–H and O–H groups in total. The molecule has 1 aliphatic carbocycles. The molecule has 0 aliphatic heterocycles. The highest BCUT2D eigenvalue weighted by molar-refractivity contribution is 5.73. The van der Waals surface area contributed by atoms with Crippen LogP contribution in [0.4, 0.5) is 0 Å². The van der Waals surface area contributed by atoms with Gasteiger partial charge in [-0.05, 0) is 26.3 Å². The molecule has 0 saturated heterocycles. The third-order valence-corrected chi connectivity index (χ3v) is 2.71. The van der Waals surface area contributed by atoms with Crippen LogP contribution in [0.3, 0.4) is 0 Å². The van der Waals surface area contributed by atoms with Crippen molar-refractivity contribution < 1.29 is 14.6 Å². The van der Waals surface area contributed by atoms with Crippen molar-refractivity contribution in [3.05, 3.63) is 0 Å². The van der Waals surface area contributed by atoms with Gasteiger partial charge in [-0.2, -0.15) is 0 Å². The zero-order chi connectivity index (χ0) is 10.4. The van der Waals surface area contributed by atoms with Crippen molar-refractivity contribution >= 4 is 5.97 Å². The number of rotatable bonds is 6. The van der Waals surface area contributed by atoms with E-state index >= 15 is 0 Å². The number of likely N-dealkylation sites (N-methyl/N-ethyl adjacent to an activating group) is 1. The van der Waals surface area contributed by atoms with Gasteiger partial charge in [-0.25, -0.2) is 0 Å². The number of hydrogen-bond acceptors (Lipinski definition) is 3. The number of hydrogen-bond donors (Lipinski definition) is 2. The van der Waals surface area contributed by atoms with Crippen molar-refractivity contribution in [3.63, 3.8) is 0 Å². The molecule has 14 heavy (non-hydrogen) atoms. The van der Waals surface area contributed by atoms with Crippen LogP contribution in [0.2, 0.25) is 0 Å². The van der Waals surface area contributed by atoms with Gasteiger partial charge in [0.25, 0.3) is 0 Å². The molecule has 0 bridgehead atoms. The Morgan fingerprint density at radius 3 is 2.71 bits per heavy atom. The Bertz CT molecular complexity index is 178. The molecule has 4 heteroatoms. The SMILES string of the molecule is CNC(CCOC1CCCC1)C(=O)O. The van der Waals surface area contributed by atoms with Crippen molar-refractivity contribution in [1.82, 2.24) is 5.32 Å². The van der Waals surface area contributed by atoms with E-state index in [1.807, 2.05) is 0 Å². The summed E-state index contributed by atoms with van der Waals surface area (Å²) in [5.41, 5.74) is 0. The topological polar surface area (TPSA) is 58.6 Å². The molecular formula is C10H19NO3. The molecule has 0 heterocycles. The predicted molar refractivity (Wildman–Crippen MR) is 53.3 cm³/mol. The van der Waals surface area contributed by atoms with Gasteiger partial charge in [0.05, 0.1) is 6.10 Å². The van der Waals surface area contributed by atoms with Gasteiger partial charge in [-0.3, -0.25) is 4.79 Å². The van der Waals surface area contributed by atoms with Crippen LogP contribution in [-0.4, -0.2) is 36.9 Å². The molecule has 0 radical (unpaired) electrons. The second kappa shape index (κ2) is 5.98. The van der Waals surface area contributed by atoms with E-state index in [0.29, 0.717) is 19.1 Å². The molecule has 0 aromatic carbocycles. The highest BCUT2D eigenvalue weighted by Crippen LogP contribution is 2.20. The third-order valence-electron chi connectivity index (χ3n) is 2.71. The van der Waals surface area contributed by atoms with Gasteiger partial charge in [0.15, 0.2) is 0 Å². The number of carbonyl (C=O) groups is 1. The second-order valence-electron chi connectivity index (χ2n) is 3.75. The molecule has 4 nitrogen and oxygen atoms in total. The van der Waals surface area contributed by atoms with Crippen molar-refractivity contribution in [1.29, 1.82) is 0 Å². The van der Waals surface area contributed by atoms with E-state index in [9.17, 15) is 4.79 Å². The summed E-state index contributed by atoms with van der Waals surface area (Å²) >= 11 is 0. The molecule has 0 amide bonds. The lowest BCUT2D eigenvalue weighted by Crippen LogP contribution is -2.35. The highest BCUT2D eigenvalue weighted by Gasteiger charge is 2.18. The van der Waals surface area contributed by atoms with Crippen molar-refractivity contribution in [2.45, 2.75) is 44.2 Å². The number of aliphatic carboxylic acids is 1. The van der Waals surface area contributed by atoms with Gasteiger partial charge in [0.1, 0.15) is 6.04 Å². The first kappa shape index (κ1) is 11.5. The molecule has 1 saturated carbocycles. The predicted octanol–water partition coefficient (Wildman–Crippen LogP) is 1.01. The van der Waals surface area contributed by atoms with E-state index in [2.05, 4.69) is 5.32 Å². The summed E-state index contributed by atoms with van der Waals surface area (Å²) in [6, 6.07) is -0.476. The smallest absolute Gasteiger partial charge is 0.320 e. The summed E-state index contributed by atoms with van der Waals surface area (Å²) in [6.45, 7) is 0.544. The van der Waals surface area contributed by atoms with E-state index < -0.39 is 12.0 Å². The molecular weight excluding hydrogens is 182 g/mol. The van der Waals surface area contributed by atoms with Crippen LogP contribution in [0.25, 0.3) is 0 Å². The number of nitrogens with one attached hydrogen (secondary N) is 1. The maximum absolute atomic E-state index is 10.6. The number of ether oxygens (including phenoxy) is 1. The van der Waals surface area contributed by atoms with Crippen LogP contribution in [0.5, 0.6) is 0 Å². The zero-order valence-electron chi connectivity index (χ0n) is 8.66. The minimum atomic E-state index is -0.803. The fourth-order valence-corrected chi connectivity index (χ4v) is 1.80. The van der Waals surface area contributed by atoms with E-state index in [1.54, 1.807) is 7.05 Å². The maximum atomic E-state index is 10.6. The Labute approximate surface area is 84.6 Å². The lowest BCUT2D eigenvalue weighted by atomic mass is 10.2. The first-order valence-corrected chi connectivity index (χ1v) is 5.25. The summed E-state index contributed by atoms with van der Waals surface area (Å²) < 4.78 is 5.58. The quantitative estimate of drug-likeness (QED) is 0.673. The van der Waals surface area contributed by atoms with Crippen LogP contribution >= 0.6 is 0 Å². The summed E-state index contributed by atoms with van der Waals surface area (Å²) in [5.74, 6) is -0.803. The van der Waals surface area contributed by atoms with Gasteiger partial charge < -0.3 is 15.2 Å². The number of carboxylic acids is 1. The van der Waals surface area contributed by atoms with Gasteiger partial charge in [0, 0.05) is 6.61 Å². The van der Waals surface area contributed by atoms with Gasteiger partial charge in [0.2, 0.25) is 0 Å². The fraction of sp³-hybridized carbons (Fsp3) is 0.900. The van der Waals surface area contributed by atoms with Crippen LogP contribution in [0.15, 0.2) is 0 Å². The Balaban J connectivity index is 2.09. The molecule has 1 unspecified atom stereocenters. The zero-order valence-corrected chi connectivity index (χ0v) is 8.66. The molecule has 1 rings (SSSR count). The van der Waals surface area contributed by atoms with Crippen LogP contribution < -0.4 is 5.32 Å². The normalized spacial score (nSPS) is 19.8. The average molecular weight is 201 g/mol. The van der Waals surface area contributed by atoms with E-state index in [-0.39, 0.29) is 0 Å². The molecule has 82 valence electrons. The van der Waals surface area contributed by atoms with Crippen LogP contribution in [0, 0.1) is 0 Å². The summed E-state index contributed by atoms with van der Waals surface area (Å²) in [6.07, 6.45) is 5.69. The number of carboxylic acid groups (broad SMARTS) is 1. The molecule has 1 atom stereocenters. The van der Waals surface area contributed by atoms with Gasteiger partial charge in [-0.15, -0.1) is 0 Å². The maximum Gasteiger partial charge on any atom is 0.320 e. The fourth-order valence-electron chi connectivity index (χ4n) is 1.80. The van der Waals surface area contributed by atoms with Crippen LogP contribution in [-0.2, 0) is 9.53 Å². The largest absolute Gasteiger partial charge is 0.480 e. The lowest BCUT2D eigenvalue weighted by Gasteiger charge is -2.14. The molecule has 0 aromatic rings. The van der Waals surface area contributed by atoms with Gasteiger partial charge in [-0.1, -0.05) is 12.8 Å². The molecule has 0 spiro atoms. The van der Waals surface area contributed by atoms with Crippen molar-refractivity contribution in [3.8, 4) is 0 Å². The Kier molecular flexibility index (Phi) is 4.90. The molecule has 0 aromatic heterocycles. The highest BCUT2D eigenvalue weighted by atomic mass is 16.5. The molecule has 1 fully saturated rings. The van der Waals surface area contributed by atoms with E-state index in [1.165, 1.54) is 12.8 Å². The lowest BCUT2D eigenvalue weighted by molar-refractivity contribution is -0.140. The monoisotopic (exact) mass is 201 g/mol. The summed E-state index contributed by atoms with van der Waals surface area (Å²) in [4.78, 5) is 10.6. The second-order valence-corrected chi connectivity index (χ2v) is 3.75. The first-order valence-electron chi connectivity index (χ1n) is 5.25. The Hall–Kier alpha value is -0.610. The van der Waals surface area contributed by atoms with Crippen molar-refractivity contribution in [2.24, 2.45) is 0 Å². The minimum Gasteiger partial charge on any atom is -0.480 e. The molecule has 1 aliphatic rings. The van der Waals surface area contributed by atoms with E-state index in [0.717, 1.165) is 12.8 Å². The Morgan fingerprint density at radius 2 is 2.21 bits per heavy atom. The third kappa shape index (κ3) is 3.64. The van der Waals surface area contributed by atoms with E-state index in [4.69, 9.17) is 9.84 Å². The van der Waals surface area contributed by atoms with Gasteiger partial charge >= 0.3 is 5.97 Å². The van der Waals surface area contributed by atoms with Crippen LogP contribution in [0.1, 0.15) is 32.1 Å². The standard InChI is InChI=1S/C10H19NO3/c1-11-9(10(12)13)6-7-14-8-4-2-3-5-8/h8-9,11H,2-7H2,1H3,(H,12,13). The van der Waals surface area contributed by atoms with Crippen molar-refractivity contribution in [2.75, 3.05) is 13.7 Å². The average Bonchev–Trinajstić information content (AvgIpc) is 2.64. The first-order chi connectivity index (χ1) is 6.74.